The van der Waals surface area contributed by atoms with Crippen molar-refractivity contribution in [2.45, 2.75) is 19.3 Å². The van der Waals surface area contributed by atoms with Gasteiger partial charge in [-0.2, -0.15) is 0 Å². The van der Waals surface area contributed by atoms with Crippen molar-refractivity contribution in [3.8, 4) is 11.1 Å². The van der Waals surface area contributed by atoms with Crippen molar-refractivity contribution in [3.05, 3.63) is 90.5 Å². The van der Waals surface area contributed by atoms with Gasteiger partial charge in [0.2, 0.25) is 5.91 Å². The topological polar surface area (TPSA) is 29.1 Å². The maximum absolute atomic E-state index is 12.5. The van der Waals surface area contributed by atoms with Crippen LogP contribution in [0.25, 0.3) is 11.1 Å². The van der Waals surface area contributed by atoms with Crippen LogP contribution in [0.4, 0.5) is 5.69 Å². The van der Waals surface area contributed by atoms with Crippen LogP contribution in [0.2, 0.25) is 0 Å². The molecule has 0 aromatic heterocycles. The molecule has 0 bridgehead atoms. The Labute approximate surface area is 143 Å². The van der Waals surface area contributed by atoms with Gasteiger partial charge in [-0.3, -0.25) is 4.79 Å². The van der Waals surface area contributed by atoms with E-state index in [-0.39, 0.29) is 11.8 Å². The Balaban J connectivity index is 1.74. The van der Waals surface area contributed by atoms with Gasteiger partial charge >= 0.3 is 0 Å². The van der Waals surface area contributed by atoms with E-state index < -0.39 is 0 Å². The molecule has 3 aromatic carbocycles. The Bertz CT molecular complexity index is 796. The second kappa shape index (κ2) is 7.60. The third-order valence-corrected chi connectivity index (χ3v) is 4.15. The number of anilines is 1. The first kappa shape index (κ1) is 16.0. The predicted octanol–water partition coefficient (Wildman–Crippen LogP) is 5.49. The van der Waals surface area contributed by atoms with Gasteiger partial charge in [-0.15, -0.1) is 0 Å². The number of para-hydroxylation sites is 1. The lowest BCUT2D eigenvalue weighted by molar-refractivity contribution is -0.116. The monoisotopic (exact) mass is 315 g/mol. The second-order valence-corrected chi connectivity index (χ2v) is 5.98. The molecule has 0 spiro atoms. The largest absolute Gasteiger partial charge is 0.325 e. The lowest BCUT2D eigenvalue weighted by Crippen LogP contribution is -2.15. The van der Waals surface area contributed by atoms with Crippen LogP contribution in [0.1, 0.15) is 24.8 Å². The molecule has 0 aliphatic heterocycles. The summed E-state index contributed by atoms with van der Waals surface area (Å²) in [6.07, 6.45) is 0.465. The van der Waals surface area contributed by atoms with Gasteiger partial charge in [-0.05, 0) is 23.1 Å². The molecule has 2 heteroatoms. The highest BCUT2D eigenvalue weighted by Crippen LogP contribution is 2.28. The van der Waals surface area contributed by atoms with Crippen molar-refractivity contribution >= 4 is 11.6 Å². The number of carbonyl (C=O) groups excluding carboxylic acids is 1. The summed E-state index contributed by atoms with van der Waals surface area (Å²) in [6, 6.07) is 28.2. The van der Waals surface area contributed by atoms with Gasteiger partial charge in [0.05, 0.1) is 0 Å². The SMILES string of the molecule is C[C@@H](CC(=O)Nc1ccccc1-c1ccccc1)c1ccccc1. The smallest absolute Gasteiger partial charge is 0.224 e. The minimum absolute atomic E-state index is 0.0368. The van der Waals surface area contributed by atoms with Gasteiger partial charge in [0.25, 0.3) is 0 Å². The molecule has 0 aliphatic carbocycles. The highest BCUT2D eigenvalue weighted by Gasteiger charge is 2.13. The van der Waals surface area contributed by atoms with Crippen molar-refractivity contribution in [1.29, 1.82) is 0 Å². The Morgan fingerprint density at radius 2 is 1.42 bits per heavy atom. The molecular formula is C22H21NO. The van der Waals surface area contributed by atoms with Crippen LogP contribution in [0, 0.1) is 0 Å². The first-order valence-corrected chi connectivity index (χ1v) is 8.23. The van der Waals surface area contributed by atoms with E-state index in [4.69, 9.17) is 0 Å². The maximum atomic E-state index is 12.5. The Kier molecular flexibility index (Phi) is 5.07. The van der Waals surface area contributed by atoms with E-state index in [1.807, 2.05) is 60.7 Å². The molecule has 0 radical (unpaired) electrons. The van der Waals surface area contributed by atoms with Crippen molar-refractivity contribution in [1.82, 2.24) is 0 Å². The van der Waals surface area contributed by atoms with E-state index in [9.17, 15) is 4.79 Å². The zero-order chi connectivity index (χ0) is 16.8. The Morgan fingerprint density at radius 3 is 2.12 bits per heavy atom. The molecular weight excluding hydrogens is 294 g/mol. The summed E-state index contributed by atoms with van der Waals surface area (Å²) < 4.78 is 0. The van der Waals surface area contributed by atoms with Crippen LogP contribution in [0.15, 0.2) is 84.9 Å². The van der Waals surface area contributed by atoms with Crippen LogP contribution in [-0.4, -0.2) is 5.91 Å². The lowest BCUT2D eigenvalue weighted by Gasteiger charge is -2.14. The van der Waals surface area contributed by atoms with Crippen molar-refractivity contribution < 1.29 is 4.79 Å². The average Bonchev–Trinajstić information content (AvgIpc) is 2.63. The first-order chi connectivity index (χ1) is 11.7. The summed E-state index contributed by atoms with van der Waals surface area (Å²) >= 11 is 0. The third kappa shape index (κ3) is 3.90. The van der Waals surface area contributed by atoms with E-state index in [1.165, 1.54) is 5.56 Å². The normalized spacial score (nSPS) is 11.7. The van der Waals surface area contributed by atoms with E-state index in [0.29, 0.717) is 6.42 Å². The van der Waals surface area contributed by atoms with E-state index >= 15 is 0 Å². The van der Waals surface area contributed by atoms with Crippen LogP contribution < -0.4 is 5.32 Å². The fourth-order valence-electron chi connectivity index (χ4n) is 2.84. The first-order valence-electron chi connectivity index (χ1n) is 8.23. The number of nitrogens with one attached hydrogen (secondary N) is 1. The molecule has 24 heavy (non-hydrogen) atoms. The molecule has 1 atom stereocenters. The van der Waals surface area contributed by atoms with Gasteiger partial charge in [-0.25, -0.2) is 0 Å². The summed E-state index contributed by atoms with van der Waals surface area (Å²) in [5.74, 6) is 0.227. The number of amides is 1. The second-order valence-electron chi connectivity index (χ2n) is 5.98. The molecule has 1 amide bonds. The molecule has 0 saturated heterocycles. The van der Waals surface area contributed by atoms with Gasteiger partial charge in [-0.1, -0.05) is 85.8 Å². The molecule has 0 saturated carbocycles. The Morgan fingerprint density at radius 1 is 0.833 bits per heavy atom. The molecule has 0 heterocycles. The summed E-state index contributed by atoms with van der Waals surface area (Å²) in [4.78, 5) is 12.5. The van der Waals surface area contributed by atoms with E-state index in [1.54, 1.807) is 0 Å². The quantitative estimate of drug-likeness (QED) is 0.663. The number of carbonyl (C=O) groups is 1. The summed E-state index contributed by atoms with van der Waals surface area (Å²) in [5, 5.41) is 3.07. The molecule has 120 valence electrons. The summed E-state index contributed by atoms with van der Waals surface area (Å²) in [7, 11) is 0. The van der Waals surface area contributed by atoms with Crippen molar-refractivity contribution in [3.63, 3.8) is 0 Å². The minimum Gasteiger partial charge on any atom is -0.325 e. The van der Waals surface area contributed by atoms with Gasteiger partial charge in [0, 0.05) is 17.7 Å². The number of benzene rings is 3. The van der Waals surface area contributed by atoms with Gasteiger partial charge in [0.1, 0.15) is 0 Å². The fraction of sp³-hybridized carbons (Fsp3) is 0.136. The maximum Gasteiger partial charge on any atom is 0.224 e. The molecule has 3 rings (SSSR count). The highest BCUT2D eigenvalue weighted by molar-refractivity contribution is 5.95. The van der Waals surface area contributed by atoms with Crippen molar-refractivity contribution in [2.75, 3.05) is 5.32 Å². The molecule has 1 N–H and O–H groups in total. The standard InChI is InChI=1S/C22H21NO/c1-17(18-10-4-2-5-11-18)16-22(24)23-21-15-9-8-14-20(21)19-12-6-3-7-13-19/h2-15,17H,16H2,1H3,(H,23,24)/t17-/m0/s1. The fourth-order valence-corrected chi connectivity index (χ4v) is 2.84. The van der Waals surface area contributed by atoms with E-state index in [2.05, 4.69) is 36.5 Å². The van der Waals surface area contributed by atoms with Gasteiger partial charge in [0.15, 0.2) is 0 Å². The average molecular weight is 315 g/mol. The Hall–Kier alpha value is -2.87. The number of hydrogen-bond donors (Lipinski definition) is 1. The van der Waals surface area contributed by atoms with Crippen molar-refractivity contribution in [2.24, 2.45) is 0 Å². The molecule has 0 fully saturated rings. The number of rotatable bonds is 5. The summed E-state index contributed by atoms with van der Waals surface area (Å²) in [6.45, 7) is 2.08. The molecule has 0 unspecified atom stereocenters. The number of hydrogen-bond acceptors (Lipinski definition) is 1. The minimum atomic E-state index is 0.0368. The predicted molar refractivity (Wildman–Crippen MR) is 100.0 cm³/mol. The van der Waals surface area contributed by atoms with Crippen LogP contribution in [0.3, 0.4) is 0 Å². The van der Waals surface area contributed by atoms with E-state index in [0.717, 1.165) is 16.8 Å². The van der Waals surface area contributed by atoms with Gasteiger partial charge < -0.3 is 5.32 Å². The zero-order valence-corrected chi connectivity index (χ0v) is 13.8. The lowest BCUT2D eigenvalue weighted by atomic mass is 9.97. The third-order valence-electron chi connectivity index (χ3n) is 4.15. The van der Waals surface area contributed by atoms with Crippen LogP contribution in [-0.2, 0) is 4.79 Å². The molecule has 2 nitrogen and oxygen atoms in total. The zero-order valence-electron chi connectivity index (χ0n) is 13.8. The highest BCUT2D eigenvalue weighted by atomic mass is 16.1. The van der Waals surface area contributed by atoms with Crippen LogP contribution in [0.5, 0.6) is 0 Å². The summed E-state index contributed by atoms with van der Waals surface area (Å²) in [5.41, 5.74) is 4.18. The van der Waals surface area contributed by atoms with Crippen LogP contribution >= 0.6 is 0 Å². The molecule has 3 aromatic rings. The molecule has 0 aliphatic rings.